The fourth-order valence-electron chi connectivity index (χ4n) is 7.81. The summed E-state index contributed by atoms with van der Waals surface area (Å²) in [6.07, 6.45) is 63.1. The number of unbranched alkanes of at least 4 members (excludes halogenated alkanes) is 31. The second-order valence-corrected chi connectivity index (χ2v) is 19.9. The predicted molar refractivity (Wildman–Crippen MR) is 280 cm³/mol. The molecule has 0 amide bonds. The molecule has 0 aromatic carbocycles. The highest BCUT2D eigenvalue weighted by Gasteiger charge is 2.26. The van der Waals surface area contributed by atoms with E-state index in [0.717, 1.165) is 70.6 Å². The van der Waals surface area contributed by atoms with Gasteiger partial charge in [-0.3, -0.25) is 18.6 Å². The molecule has 0 aliphatic heterocycles. The fourth-order valence-corrected chi connectivity index (χ4v) is 8.58. The van der Waals surface area contributed by atoms with E-state index in [2.05, 4.69) is 62.5 Å². The zero-order chi connectivity index (χ0) is 48.1. The van der Waals surface area contributed by atoms with Gasteiger partial charge in [-0.2, -0.15) is 0 Å². The van der Waals surface area contributed by atoms with Crippen LogP contribution in [0.1, 0.15) is 264 Å². The van der Waals surface area contributed by atoms with Gasteiger partial charge in [-0.1, -0.05) is 223 Å². The van der Waals surface area contributed by atoms with Crippen LogP contribution in [-0.2, 0) is 32.7 Å². The van der Waals surface area contributed by atoms with Gasteiger partial charge in [-0.05, 0) is 77.0 Å². The van der Waals surface area contributed by atoms with Gasteiger partial charge in [0.1, 0.15) is 6.61 Å². The summed E-state index contributed by atoms with van der Waals surface area (Å²) in [7, 11) is -4.39. The number of esters is 2. The van der Waals surface area contributed by atoms with Gasteiger partial charge in [0, 0.05) is 19.4 Å². The molecule has 0 bridgehead atoms. The summed E-state index contributed by atoms with van der Waals surface area (Å²) in [5, 5.41) is 0. The molecule has 386 valence electrons. The molecule has 0 aliphatic rings. The largest absolute Gasteiger partial charge is 0.472 e. The van der Waals surface area contributed by atoms with Crippen LogP contribution in [0.2, 0.25) is 0 Å². The molecule has 10 heteroatoms. The first-order valence-corrected chi connectivity index (χ1v) is 29.1. The Bertz CT molecular complexity index is 1220. The number of hydrogen-bond donors (Lipinski definition) is 2. The Labute approximate surface area is 407 Å². The van der Waals surface area contributed by atoms with Crippen molar-refractivity contribution in [1.82, 2.24) is 0 Å². The molecule has 0 aromatic heterocycles. The number of ether oxygens (including phenoxy) is 2. The summed E-state index contributed by atoms with van der Waals surface area (Å²) in [6.45, 7) is 3.72. The third kappa shape index (κ3) is 51.4. The van der Waals surface area contributed by atoms with Crippen molar-refractivity contribution in [2.24, 2.45) is 5.73 Å². The lowest BCUT2D eigenvalue weighted by atomic mass is 10.0. The van der Waals surface area contributed by atoms with Crippen molar-refractivity contribution in [3.05, 3.63) is 48.6 Å². The maximum absolute atomic E-state index is 12.7. The van der Waals surface area contributed by atoms with Gasteiger partial charge in [-0.15, -0.1) is 0 Å². The van der Waals surface area contributed by atoms with Crippen LogP contribution in [0.4, 0.5) is 0 Å². The quantitative estimate of drug-likeness (QED) is 0.0264. The van der Waals surface area contributed by atoms with Crippen LogP contribution in [0.5, 0.6) is 0 Å². The second-order valence-electron chi connectivity index (χ2n) is 18.4. The van der Waals surface area contributed by atoms with Crippen molar-refractivity contribution in [3.63, 3.8) is 0 Å². The van der Waals surface area contributed by atoms with Crippen molar-refractivity contribution < 1.29 is 37.6 Å². The minimum atomic E-state index is -4.39. The van der Waals surface area contributed by atoms with Crippen LogP contribution < -0.4 is 5.73 Å². The summed E-state index contributed by atoms with van der Waals surface area (Å²) in [5.41, 5.74) is 5.37. The van der Waals surface area contributed by atoms with E-state index in [1.807, 2.05) is 0 Å². The van der Waals surface area contributed by atoms with Gasteiger partial charge in [0.25, 0.3) is 0 Å². The Balaban J connectivity index is 3.94. The van der Waals surface area contributed by atoms with E-state index in [-0.39, 0.29) is 32.6 Å². The molecule has 9 nitrogen and oxygen atoms in total. The average molecular weight is 950 g/mol. The van der Waals surface area contributed by atoms with Gasteiger partial charge >= 0.3 is 19.8 Å². The lowest BCUT2D eigenvalue weighted by Crippen LogP contribution is -2.29. The van der Waals surface area contributed by atoms with E-state index in [4.69, 9.17) is 24.3 Å². The minimum absolute atomic E-state index is 0.0513. The first-order valence-electron chi connectivity index (χ1n) is 27.6. The van der Waals surface area contributed by atoms with Crippen molar-refractivity contribution in [2.75, 3.05) is 26.4 Å². The predicted octanol–water partition coefficient (Wildman–Crippen LogP) is 17.0. The van der Waals surface area contributed by atoms with Gasteiger partial charge < -0.3 is 20.1 Å². The molecular weight excluding hydrogens is 846 g/mol. The number of nitrogens with two attached hydrogens (primary N) is 1. The molecule has 0 radical (unpaired) electrons. The zero-order valence-electron chi connectivity index (χ0n) is 42.9. The number of rotatable bonds is 52. The maximum atomic E-state index is 12.7. The number of phosphoric acid groups is 1. The Morgan fingerprint density at radius 3 is 1.17 bits per heavy atom. The number of hydrogen-bond acceptors (Lipinski definition) is 8. The number of carbonyl (C=O) groups is 2. The van der Waals surface area contributed by atoms with Crippen LogP contribution in [0, 0.1) is 0 Å². The van der Waals surface area contributed by atoms with Gasteiger partial charge in [-0.25, -0.2) is 4.57 Å². The van der Waals surface area contributed by atoms with Gasteiger partial charge in [0.05, 0.1) is 13.2 Å². The zero-order valence-corrected chi connectivity index (χ0v) is 43.8. The molecule has 0 aliphatic carbocycles. The van der Waals surface area contributed by atoms with Crippen LogP contribution in [0.15, 0.2) is 48.6 Å². The molecule has 0 heterocycles. The molecule has 66 heavy (non-hydrogen) atoms. The summed E-state index contributed by atoms with van der Waals surface area (Å²) in [5.74, 6) is -0.836. The fraction of sp³-hybridized carbons (Fsp3) is 0.821. The lowest BCUT2D eigenvalue weighted by molar-refractivity contribution is -0.161. The Hall–Kier alpha value is -2.03. The van der Waals surface area contributed by atoms with Gasteiger partial charge in [0.2, 0.25) is 0 Å². The van der Waals surface area contributed by atoms with Crippen molar-refractivity contribution in [1.29, 1.82) is 0 Å². The first-order chi connectivity index (χ1) is 32.3. The lowest BCUT2D eigenvalue weighted by Gasteiger charge is -2.19. The molecule has 0 saturated heterocycles. The third-order valence-corrected chi connectivity index (χ3v) is 12.9. The van der Waals surface area contributed by atoms with E-state index in [1.165, 1.54) is 161 Å². The summed E-state index contributed by atoms with van der Waals surface area (Å²) in [4.78, 5) is 35.1. The minimum Gasteiger partial charge on any atom is -0.462 e. The van der Waals surface area contributed by atoms with E-state index in [0.29, 0.717) is 6.42 Å². The normalized spacial score (nSPS) is 13.5. The van der Waals surface area contributed by atoms with Gasteiger partial charge in [0.15, 0.2) is 6.10 Å². The van der Waals surface area contributed by atoms with Crippen molar-refractivity contribution in [2.45, 2.75) is 270 Å². The first kappa shape index (κ1) is 64.0. The molecule has 2 unspecified atom stereocenters. The molecule has 3 N–H and O–H groups in total. The van der Waals surface area contributed by atoms with E-state index < -0.39 is 32.5 Å². The number of phosphoric ester groups is 1. The molecular formula is C56H104NO8P. The van der Waals surface area contributed by atoms with E-state index in [1.54, 1.807) is 0 Å². The standard InChI is InChI=1S/C56H104NO8P/c1-3-5-7-9-11-13-15-17-19-21-22-23-24-25-26-27-28-29-30-31-32-33-35-37-39-41-43-45-47-49-56(59)65-54(53-64-66(60,61)63-51-50-57)52-62-55(58)48-46-44-42-40-38-36-34-20-18-16-14-12-10-8-6-4-2/h14-17,20-22,34,54H,3-13,18-19,23-33,35-53,57H2,1-2H3,(H,60,61)/b16-14-,17-15-,22-21-,34-20-. The Kier molecular flexibility index (Phi) is 50.7. The van der Waals surface area contributed by atoms with Crippen molar-refractivity contribution >= 4 is 19.8 Å². The average Bonchev–Trinajstić information content (AvgIpc) is 3.31. The Morgan fingerprint density at radius 1 is 0.455 bits per heavy atom. The third-order valence-electron chi connectivity index (χ3n) is 11.9. The van der Waals surface area contributed by atoms with Crippen LogP contribution in [0.25, 0.3) is 0 Å². The summed E-state index contributed by atoms with van der Waals surface area (Å²) < 4.78 is 33.0. The summed E-state index contributed by atoms with van der Waals surface area (Å²) in [6, 6.07) is 0. The van der Waals surface area contributed by atoms with E-state index >= 15 is 0 Å². The summed E-state index contributed by atoms with van der Waals surface area (Å²) >= 11 is 0. The highest BCUT2D eigenvalue weighted by atomic mass is 31.2. The maximum Gasteiger partial charge on any atom is 0.472 e. The molecule has 0 fully saturated rings. The SMILES string of the molecule is CCCCCC/C=C\C/C=C\CCCCCCCC(=O)OCC(COP(=O)(O)OCCN)OC(=O)CCCCCCCCCCCCCCCCCCC/C=C\C/C=C\CCCCCCC. The highest BCUT2D eigenvalue weighted by molar-refractivity contribution is 7.47. The highest BCUT2D eigenvalue weighted by Crippen LogP contribution is 2.43. The smallest absolute Gasteiger partial charge is 0.462 e. The molecule has 0 saturated carbocycles. The number of allylic oxidation sites excluding steroid dienone is 8. The molecule has 0 rings (SSSR count). The topological polar surface area (TPSA) is 134 Å². The van der Waals surface area contributed by atoms with E-state index in [9.17, 15) is 19.0 Å². The van der Waals surface area contributed by atoms with Crippen LogP contribution >= 0.6 is 7.82 Å². The second kappa shape index (κ2) is 52.3. The van der Waals surface area contributed by atoms with Crippen LogP contribution in [0.3, 0.4) is 0 Å². The molecule has 2 atom stereocenters. The van der Waals surface area contributed by atoms with Crippen LogP contribution in [-0.4, -0.2) is 49.3 Å². The monoisotopic (exact) mass is 950 g/mol. The van der Waals surface area contributed by atoms with Crippen molar-refractivity contribution in [3.8, 4) is 0 Å². The Morgan fingerprint density at radius 2 is 0.788 bits per heavy atom. The number of carbonyl (C=O) groups excluding carboxylic acids is 2. The molecule has 0 spiro atoms. The molecule has 0 aromatic rings.